The van der Waals surface area contributed by atoms with E-state index < -0.39 is 24.2 Å². The van der Waals surface area contributed by atoms with E-state index in [1.165, 1.54) is 0 Å². The molecule has 6 heteroatoms. The summed E-state index contributed by atoms with van der Waals surface area (Å²) in [5.41, 5.74) is -3.86. The van der Waals surface area contributed by atoms with E-state index in [0.29, 0.717) is 12.8 Å². The Bertz CT molecular complexity index is 215. The molecule has 0 aromatic heterocycles. The Morgan fingerprint density at radius 2 is 1.73 bits per heavy atom. The second kappa shape index (κ2) is 5.32. The quantitative estimate of drug-likeness (QED) is 0.412. The SMILES string of the molecule is CCCCCC(F)(C(=O)OC)C(F)(F)F. The van der Waals surface area contributed by atoms with Crippen LogP contribution in [0.2, 0.25) is 0 Å². The fourth-order valence-corrected chi connectivity index (χ4v) is 1.14. The van der Waals surface area contributed by atoms with Gasteiger partial charge in [-0.25, -0.2) is 9.18 Å². The highest BCUT2D eigenvalue weighted by Gasteiger charge is 2.62. The second-order valence-corrected chi connectivity index (χ2v) is 3.25. The van der Waals surface area contributed by atoms with E-state index >= 15 is 0 Å². The van der Waals surface area contributed by atoms with Gasteiger partial charge in [-0.05, 0) is 6.42 Å². The summed E-state index contributed by atoms with van der Waals surface area (Å²) in [6.07, 6.45) is -5.00. The lowest BCUT2D eigenvalue weighted by Gasteiger charge is -2.24. The molecule has 0 aromatic carbocycles. The van der Waals surface area contributed by atoms with Crippen LogP contribution in [0.25, 0.3) is 0 Å². The van der Waals surface area contributed by atoms with Gasteiger partial charge in [-0.3, -0.25) is 0 Å². The second-order valence-electron chi connectivity index (χ2n) is 3.25. The first-order valence-electron chi connectivity index (χ1n) is 4.63. The zero-order valence-corrected chi connectivity index (χ0v) is 8.66. The van der Waals surface area contributed by atoms with Crippen molar-refractivity contribution in [3.05, 3.63) is 0 Å². The number of hydrogen-bond donors (Lipinski definition) is 0. The van der Waals surface area contributed by atoms with Crippen LogP contribution in [-0.4, -0.2) is 24.9 Å². The number of esters is 1. The molecule has 0 spiro atoms. The summed E-state index contributed by atoms with van der Waals surface area (Å²) in [4.78, 5) is 10.8. The van der Waals surface area contributed by atoms with Crippen LogP contribution in [0.15, 0.2) is 0 Å². The van der Waals surface area contributed by atoms with Crippen LogP contribution in [0.1, 0.15) is 32.6 Å². The maximum absolute atomic E-state index is 13.4. The largest absolute Gasteiger partial charge is 0.466 e. The number of halogens is 4. The van der Waals surface area contributed by atoms with E-state index in [2.05, 4.69) is 4.74 Å². The van der Waals surface area contributed by atoms with Crippen molar-refractivity contribution in [2.45, 2.75) is 44.5 Å². The van der Waals surface area contributed by atoms with Gasteiger partial charge in [0.1, 0.15) is 0 Å². The number of carbonyl (C=O) groups excluding carboxylic acids is 1. The van der Waals surface area contributed by atoms with Crippen LogP contribution < -0.4 is 0 Å². The van der Waals surface area contributed by atoms with Crippen molar-refractivity contribution < 1.29 is 27.1 Å². The van der Waals surface area contributed by atoms with Gasteiger partial charge in [0.25, 0.3) is 0 Å². The van der Waals surface area contributed by atoms with Gasteiger partial charge in [0, 0.05) is 6.42 Å². The normalized spacial score (nSPS) is 15.9. The van der Waals surface area contributed by atoms with Gasteiger partial charge < -0.3 is 4.74 Å². The van der Waals surface area contributed by atoms with Crippen molar-refractivity contribution in [2.24, 2.45) is 0 Å². The molecule has 1 unspecified atom stereocenters. The van der Waals surface area contributed by atoms with Crippen LogP contribution in [-0.2, 0) is 9.53 Å². The van der Waals surface area contributed by atoms with E-state index in [4.69, 9.17) is 0 Å². The molecule has 0 saturated carbocycles. The molecule has 0 N–H and O–H groups in total. The predicted octanol–water partition coefficient (Wildman–Crippen LogP) is 3.01. The molecule has 1 atom stereocenters. The van der Waals surface area contributed by atoms with E-state index in [-0.39, 0.29) is 6.42 Å². The third-order valence-electron chi connectivity index (χ3n) is 2.08. The fraction of sp³-hybridized carbons (Fsp3) is 0.889. The minimum absolute atomic E-state index is 0.00160. The number of carbonyl (C=O) groups is 1. The lowest BCUT2D eigenvalue weighted by atomic mass is 9.97. The summed E-state index contributed by atoms with van der Waals surface area (Å²) in [5, 5.41) is 0. The Morgan fingerprint density at radius 1 is 1.20 bits per heavy atom. The van der Waals surface area contributed by atoms with Crippen molar-refractivity contribution >= 4 is 5.97 Å². The average molecular weight is 230 g/mol. The van der Waals surface area contributed by atoms with E-state index in [1.54, 1.807) is 6.92 Å². The van der Waals surface area contributed by atoms with Gasteiger partial charge >= 0.3 is 17.8 Å². The molecule has 0 heterocycles. The number of alkyl halides is 4. The minimum atomic E-state index is -5.21. The number of hydrogen-bond acceptors (Lipinski definition) is 2. The zero-order valence-electron chi connectivity index (χ0n) is 8.66. The highest BCUT2D eigenvalue weighted by atomic mass is 19.4. The monoisotopic (exact) mass is 230 g/mol. The molecule has 0 aliphatic carbocycles. The first-order valence-corrected chi connectivity index (χ1v) is 4.63. The van der Waals surface area contributed by atoms with E-state index in [0.717, 1.165) is 7.11 Å². The van der Waals surface area contributed by atoms with Crippen molar-refractivity contribution in [1.82, 2.24) is 0 Å². The predicted molar refractivity (Wildman–Crippen MR) is 46.1 cm³/mol. The smallest absolute Gasteiger partial charge is 0.433 e. The number of methoxy groups -OCH3 is 1. The molecule has 0 aliphatic heterocycles. The van der Waals surface area contributed by atoms with Gasteiger partial charge in [0.15, 0.2) is 0 Å². The summed E-state index contributed by atoms with van der Waals surface area (Å²) >= 11 is 0. The van der Waals surface area contributed by atoms with Crippen LogP contribution in [0.5, 0.6) is 0 Å². The third-order valence-corrected chi connectivity index (χ3v) is 2.08. The molecule has 0 rings (SSSR count). The van der Waals surface area contributed by atoms with Crippen LogP contribution in [0.4, 0.5) is 17.6 Å². The van der Waals surface area contributed by atoms with Crippen LogP contribution in [0.3, 0.4) is 0 Å². The molecule has 15 heavy (non-hydrogen) atoms. The number of ether oxygens (including phenoxy) is 1. The van der Waals surface area contributed by atoms with Crippen LogP contribution in [0, 0.1) is 0 Å². The molecule has 0 bridgehead atoms. The first-order chi connectivity index (χ1) is 6.79. The van der Waals surface area contributed by atoms with Crippen molar-refractivity contribution in [1.29, 1.82) is 0 Å². The molecule has 0 saturated heterocycles. The average Bonchev–Trinajstić information content (AvgIpc) is 2.15. The van der Waals surface area contributed by atoms with Crippen molar-refractivity contribution in [3.63, 3.8) is 0 Å². The van der Waals surface area contributed by atoms with Crippen molar-refractivity contribution in [3.8, 4) is 0 Å². The highest BCUT2D eigenvalue weighted by molar-refractivity contribution is 5.80. The van der Waals surface area contributed by atoms with E-state index in [9.17, 15) is 22.4 Å². The number of rotatable bonds is 5. The Kier molecular flexibility index (Phi) is 5.03. The molecule has 2 nitrogen and oxygen atoms in total. The molecular formula is C9H14F4O2. The molecule has 90 valence electrons. The fourth-order valence-electron chi connectivity index (χ4n) is 1.14. The lowest BCUT2D eigenvalue weighted by Crippen LogP contribution is -2.48. The lowest BCUT2D eigenvalue weighted by molar-refractivity contribution is -0.239. The van der Waals surface area contributed by atoms with Gasteiger partial charge in [0.05, 0.1) is 7.11 Å². The molecule has 0 aromatic rings. The maximum Gasteiger partial charge on any atom is 0.433 e. The number of unbranched alkanes of at least 4 members (excludes halogenated alkanes) is 2. The molecule has 0 fully saturated rings. The summed E-state index contributed by atoms with van der Waals surface area (Å²) in [7, 11) is 0.738. The van der Waals surface area contributed by atoms with Crippen LogP contribution >= 0.6 is 0 Å². The Morgan fingerprint density at radius 3 is 2.07 bits per heavy atom. The molecular weight excluding hydrogens is 216 g/mol. The van der Waals surface area contributed by atoms with E-state index in [1.807, 2.05) is 0 Å². The standard InChI is InChI=1S/C9H14F4O2/c1-3-4-5-6-8(10,7(14)15-2)9(11,12)13/h3-6H2,1-2H3. The third kappa shape index (κ3) is 3.35. The molecule has 0 aliphatic rings. The van der Waals surface area contributed by atoms with Crippen molar-refractivity contribution in [2.75, 3.05) is 7.11 Å². The Hall–Kier alpha value is -0.810. The summed E-state index contributed by atoms with van der Waals surface area (Å²) in [5.74, 6) is -1.87. The highest BCUT2D eigenvalue weighted by Crippen LogP contribution is 2.39. The first kappa shape index (κ1) is 14.2. The summed E-state index contributed by atoms with van der Waals surface area (Å²) < 4.78 is 54.1. The maximum atomic E-state index is 13.4. The summed E-state index contributed by atoms with van der Waals surface area (Å²) in [6.45, 7) is 1.77. The molecule has 0 amide bonds. The Labute approximate surface area is 85.6 Å². The Balaban J connectivity index is 4.64. The van der Waals surface area contributed by atoms with Gasteiger partial charge in [-0.15, -0.1) is 0 Å². The molecule has 0 radical (unpaired) electrons. The summed E-state index contributed by atoms with van der Waals surface area (Å²) in [6, 6.07) is 0. The minimum Gasteiger partial charge on any atom is -0.466 e. The van der Waals surface area contributed by atoms with Gasteiger partial charge in [0.2, 0.25) is 0 Å². The van der Waals surface area contributed by atoms with Gasteiger partial charge in [-0.1, -0.05) is 19.8 Å². The topological polar surface area (TPSA) is 26.3 Å². The van der Waals surface area contributed by atoms with Gasteiger partial charge in [-0.2, -0.15) is 13.2 Å². The zero-order chi connectivity index (χ0) is 12.1.